The molecule has 1 aliphatic rings. The molecule has 120 valence electrons. The quantitative estimate of drug-likeness (QED) is 0.878. The summed E-state index contributed by atoms with van der Waals surface area (Å²) < 4.78 is 0. The van der Waals surface area contributed by atoms with Crippen molar-refractivity contribution in [1.29, 1.82) is 0 Å². The summed E-state index contributed by atoms with van der Waals surface area (Å²) >= 11 is 0. The van der Waals surface area contributed by atoms with E-state index in [1.54, 1.807) is 6.20 Å². The van der Waals surface area contributed by atoms with Crippen LogP contribution in [0.25, 0.3) is 0 Å². The number of hydrogen-bond donors (Lipinski definition) is 1. The fourth-order valence-corrected chi connectivity index (χ4v) is 2.53. The van der Waals surface area contributed by atoms with Crippen LogP contribution in [0.1, 0.15) is 21.6 Å². The summed E-state index contributed by atoms with van der Waals surface area (Å²) in [5.41, 5.74) is 2.67. The van der Waals surface area contributed by atoms with Crippen molar-refractivity contribution in [1.82, 2.24) is 19.8 Å². The lowest BCUT2D eigenvalue weighted by Gasteiger charge is -2.18. The van der Waals surface area contributed by atoms with Gasteiger partial charge in [-0.15, -0.1) is 0 Å². The number of likely N-dealkylation sites (N-methyl/N-ethyl adjacent to an activating group) is 1. The molecule has 6 nitrogen and oxygen atoms in total. The fraction of sp³-hybridized carbons (Fsp3) is 0.353. The van der Waals surface area contributed by atoms with E-state index in [0.717, 1.165) is 35.7 Å². The molecule has 0 aliphatic carbocycles. The molecule has 2 aromatic heterocycles. The minimum atomic E-state index is 0.0770. The summed E-state index contributed by atoms with van der Waals surface area (Å²) in [6.07, 6.45) is 3.58. The third kappa shape index (κ3) is 3.65. The van der Waals surface area contributed by atoms with Gasteiger partial charge in [-0.3, -0.25) is 9.78 Å². The van der Waals surface area contributed by atoms with Gasteiger partial charge in [0.2, 0.25) is 0 Å². The summed E-state index contributed by atoms with van der Waals surface area (Å²) in [7, 11) is 4.01. The second-order valence-electron chi connectivity index (χ2n) is 5.94. The molecule has 1 aliphatic heterocycles. The molecule has 0 atom stereocenters. The zero-order valence-corrected chi connectivity index (χ0v) is 13.5. The molecule has 0 saturated heterocycles. The van der Waals surface area contributed by atoms with Crippen LogP contribution in [-0.2, 0) is 13.1 Å². The standard InChI is InChI=1S/C17H21N5O/c1-21(2)8-9-22-12-15-14(17(22)23)5-6-16(20-15)19-11-13-4-3-7-18-10-13/h3-7,10H,8-9,11-12H2,1-2H3,(H,19,20). The van der Waals surface area contributed by atoms with E-state index in [9.17, 15) is 4.79 Å². The van der Waals surface area contributed by atoms with Gasteiger partial charge < -0.3 is 15.1 Å². The van der Waals surface area contributed by atoms with Crippen molar-refractivity contribution in [2.45, 2.75) is 13.1 Å². The Morgan fingerprint density at radius 2 is 2.17 bits per heavy atom. The Bertz CT molecular complexity index is 687. The topological polar surface area (TPSA) is 61.4 Å². The van der Waals surface area contributed by atoms with Gasteiger partial charge >= 0.3 is 0 Å². The molecule has 1 N–H and O–H groups in total. The predicted molar refractivity (Wildman–Crippen MR) is 89.1 cm³/mol. The largest absolute Gasteiger partial charge is 0.366 e. The van der Waals surface area contributed by atoms with Crippen LogP contribution in [0.3, 0.4) is 0 Å². The fourth-order valence-electron chi connectivity index (χ4n) is 2.53. The van der Waals surface area contributed by atoms with E-state index in [1.807, 2.05) is 49.5 Å². The molecule has 0 unspecified atom stereocenters. The van der Waals surface area contributed by atoms with Crippen molar-refractivity contribution >= 4 is 11.7 Å². The number of nitrogens with one attached hydrogen (secondary N) is 1. The van der Waals surface area contributed by atoms with E-state index in [2.05, 4.69) is 20.2 Å². The summed E-state index contributed by atoms with van der Waals surface area (Å²) in [6.45, 7) is 2.83. The Balaban J connectivity index is 1.65. The first-order valence-corrected chi connectivity index (χ1v) is 7.70. The first-order valence-electron chi connectivity index (χ1n) is 7.70. The van der Waals surface area contributed by atoms with Crippen LogP contribution in [0.4, 0.5) is 5.82 Å². The SMILES string of the molecule is CN(C)CCN1Cc2nc(NCc3cccnc3)ccc2C1=O. The van der Waals surface area contributed by atoms with Gasteiger partial charge in [-0.05, 0) is 37.9 Å². The number of nitrogens with zero attached hydrogens (tertiary/aromatic N) is 4. The number of pyridine rings is 2. The van der Waals surface area contributed by atoms with E-state index in [1.165, 1.54) is 0 Å². The van der Waals surface area contributed by atoms with Crippen LogP contribution in [0.5, 0.6) is 0 Å². The molecule has 0 bridgehead atoms. The average Bonchev–Trinajstić information content (AvgIpc) is 2.87. The van der Waals surface area contributed by atoms with Crippen LogP contribution in [0.15, 0.2) is 36.7 Å². The number of carbonyl (C=O) groups is 1. The van der Waals surface area contributed by atoms with Crippen molar-refractivity contribution < 1.29 is 4.79 Å². The van der Waals surface area contributed by atoms with Gasteiger partial charge in [0, 0.05) is 32.0 Å². The molecule has 23 heavy (non-hydrogen) atoms. The first kappa shape index (κ1) is 15.4. The van der Waals surface area contributed by atoms with Crippen LogP contribution < -0.4 is 5.32 Å². The summed E-state index contributed by atoms with van der Waals surface area (Å²) in [5.74, 6) is 0.864. The van der Waals surface area contributed by atoms with Crippen molar-refractivity contribution in [3.63, 3.8) is 0 Å². The van der Waals surface area contributed by atoms with E-state index in [-0.39, 0.29) is 5.91 Å². The molecule has 0 saturated carbocycles. The maximum Gasteiger partial charge on any atom is 0.256 e. The minimum absolute atomic E-state index is 0.0770. The van der Waals surface area contributed by atoms with Crippen molar-refractivity contribution in [2.75, 3.05) is 32.5 Å². The van der Waals surface area contributed by atoms with Gasteiger partial charge in [-0.25, -0.2) is 4.98 Å². The minimum Gasteiger partial charge on any atom is -0.366 e. The highest BCUT2D eigenvalue weighted by Crippen LogP contribution is 2.22. The number of rotatable bonds is 6. The molecule has 2 aromatic rings. The zero-order chi connectivity index (χ0) is 16.2. The Labute approximate surface area is 136 Å². The molecule has 0 radical (unpaired) electrons. The molecule has 0 spiro atoms. The van der Waals surface area contributed by atoms with Gasteiger partial charge in [0.25, 0.3) is 5.91 Å². The predicted octanol–water partition coefficient (Wildman–Crippen LogP) is 1.61. The number of anilines is 1. The third-order valence-corrected chi connectivity index (χ3v) is 3.85. The number of hydrogen-bond acceptors (Lipinski definition) is 5. The Morgan fingerprint density at radius 3 is 2.91 bits per heavy atom. The van der Waals surface area contributed by atoms with Crippen molar-refractivity contribution in [3.05, 3.63) is 53.5 Å². The van der Waals surface area contributed by atoms with Crippen LogP contribution in [0.2, 0.25) is 0 Å². The van der Waals surface area contributed by atoms with Gasteiger partial charge in [-0.1, -0.05) is 6.07 Å². The van der Waals surface area contributed by atoms with Crippen molar-refractivity contribution in [2.24, 2.45) is 0 Å². The Kier molecular flexibility index (Phi) is 4.52. The number of amides is 1. The summed E-state index contributed by atoms with van der Waals surface area (Å²) in [4.78, 5) is 24.9. The number of carbonyl (C=O) groups excluding carboxylic acids is 1. The normalized spacial score (nSPS) is 13.5. The summed E-state index contributed by atoms with van der Waals surface area (Å²) in [5, 5.41) is 3.28. The van der Waals surface area contributed by atoms with E-state index in [0.29, 0.717) is 13.1 Å². The highest BCUT2D eigenvalue weighted by molar-refractivity contribution is 5.98. The van der Waals surface area contributed by atoms with Crippen LogP contribution in [0, 0.1) is 0 Å². The van der Waals surface area contributed by atoms with Crippen molar-refractivity contribution in [3.8, 4) is 0 Å². The number of aromatic nitrogens is 2. The maximum absolute atomic E-state index is 12.3. The molecule has 3 rings (SSSR count). The molecule has 0 aromatic carbocycles. The summed E-state index contributed by atoms with van der Waals surface area (Å²) in [6, 6.07) is 7.66. The second kappa shape index (κ2) is 6.75. The molecule has 6 heteroatoms. The molecular weight excluding hydrogens is 290 g/mol. The first-order chi connectivity index (χ1) is 11.1. The second-order valence-corrected chi connectivity index (χ2v) is 5.94. The van der Waals surface area contributed by atoms with Crippen LogP contribution >= 0.6 is 0 Å². The highest BCUT2D eigenvalue weighted by Gasteiger charge is 2.28. The number of fused-ring (bicyclic) bond motifs is 1. The van der Waals surface area contributed by atoms with Gasteiger partial charge in [0.15, 0.2) is 0 Å². The molecule has 0 fully saturated rings. The smallest absolute Gasteiger partial charge is 0.256 e. The monoisotopic (exact) mass is 311 g/mol. The Hall–Kier alpha value is -2.47. The molecule has 3 heterocycles. The highest BCUT2D eigenvalue weighted by atomic mass is 16.2. The van der Waals surface area contributed by atoms with Gasteiger partial charge in [0.1, 0.15) is 5.82 Å². The lowest BCUT2D eigenvalue weighted by atomic mass is 10.2. The molecular formula is C17H21N5O. The van der Waals surface area contributed by atoms with Crippen LogP contribution in [-0.4, -0.2) is 52.9 Å². The van der Waals surface area contributed by atoms with E-state index in [4.69, 9.17) is 0 Å². The van der Waals surface area contributed by atoms with E-state index >= 15 is 0 Å². The zero-order valence-electron chi connectivity index (χ0n) is 13.5. The van der Waals surface area contributed by atoms with Gasteiger partial charge in [0.05, 0.1) is 17.8 Å². The van der Waals surface area contributed by atoms with E-state index < -0.39 is 0 Å². The Morgan fingerprint density at radius 1 is 1.30 bits per heavy atom. The molecule has 1 amide bonds. The third-order valence-electron chi connectivity index (χ3n) is 3.85. The lowest BCUT2D eigenvalue weighted by molar-refractivity contribution is 0.0768. The average molecular weight is 311 g/mol. The maximum atomic E-state index is 12.3. The van der Waals surface area contributed by atoms with Gasteiger partial charge in [-0.2, -0.15) is 0 Å². The lowest BCUT2D eigenvalue weighted by Crippen LogP contribution is -2.31.